The predicted molar refractivity (Wildman–Crippen MR) is 83.0 cm³/mol. The van der Waals surface area contributed by atoms with Crippen molar-refractivity contribution in [1.82, 2.24) is 10.2 Å². The first-order valence-electron chi connectivity index (χ1n) is 7.23. The topological polar surface area (TPSA) is 52.6 Å². The largest absolute Gasteiger partial charge is 0.384 e. The lowest BCUT2D eigenvalue weighted by atomic mass is 9.75. The van der Waals surface area contributed by atoms with Gasteiger partial charge in [-0.3, -0.25) is 4.79 Å². The molecule has 1 aromatic carbocycles. The summed E-state index contributed by atoms with van der Waals surface area (Å²) in [4.78, 5) is 14.5. The number of amides is 1. The van der Waals surface area contributed by atoms with E-state index in [1.165, 1.54) is 6.42 Å². The Bertz CT molecular complexity index is 566. The highest BCUT2D eigenvalue weighted by Gasteiger charge is 2.39. The first-order valence-corrected chi connectivity index (χ1v) is 7.23. The molecule has 0 heterocycles. The zero-order chi connectivity index (χ0) is 15.3. The number of nitrogens with zero attached hydrogens (tertiary/aromatic N) is 1. The Kier molecular flexibility index (Phi) is 5.00. The van der Waals surface area contributed by atoms with E-state index in [4.69, 9.17) is 5.11 Å². The summed E-state index contributed by atoms with van der Waals surface area (Å²) in [6, 6.07) is 7.16. The van der Waals surface area contributed by atoms with Crippen LogP contribution in [0.5, 0.6) is 0 Å². The van der Waals surface area contributed by atoms with Crippen LogP contribution in [0.25, 0.3) is 0 Å². The van der Waals surface area contributed by atoms with E-state index in [9.17, 15) is 4.79 Å². The van der Waals surface area contributed by atoms with Gasteiger partial charge in [-0.15, -0.1) is 0 Å². The summed E-state index contributed by atoms with van der Waals surface area (Å²) >= 11 is 0. The molecule has 0 atom stereocenters. The highest BCUT2D eigenvalue weighted by atomic mass is 16.2. The Hall–Kier alpha value is -1.83. The van der Waals surface area contributed by atoms with Gasteiger partial charge in [0.2, 0.25) is 0 Å². The molecule has 1 saturated carbocycles. The predicted octanol–water partition coefficient (Wildman–Crippen LogP) is 1.24. The summed E-state index contributed by atoms with van der Waals surface area (Å²) in [6.45, 7) is 0.493. The normalized spacial score (nSPS) is 15.8. The summed E-state index contributed by atoms with van der Waals surface area (Å²) in [5.74, 6) is 5.33. The van der Waals surface area contributed by atoms with Gasteiger partial charge in [0.1, 0.15) is 6.61 Å². The summed E-state index contributed by atoms with van der Waals surface area (Å²) < 4.78 is 0. The van der Waals surface area contributed by atoms with Crippen LogP contribution in [0.2, 0.25) is 0 Å². The van der Waals surface area contributed by atoms with Gasteiger partial charge < -0.3 is 15.3 Å². The molecular formula is C17H22N2O2. The van der Waals surface area contributed by atoms with Crippen molar-refractivity contribution in [3.05, 3.63) is 35.4 Å². The number of benzene rings is 1. The van der Waals surface area contributed by atoms with Crippen LogP contribution in [0.1, 0.15) is 35.2 Å². The van der Waals surface area contributed by atoms with E-state index in [1.807, 2.05) is 6.07 Å². The molecule has 1 fully saturated rings. The van der Waals surface area contributed by atoms with E-state index >= 15 is 0 Å². The lowest BCUT2D eigenvalue weighted by Crippen LogP contribution is -2.57. The minimum atomic E-state index is -0.179. The van der Waals surface area contributed by atoms with Crippen molar-refractivity contribution in [2.24, 2.45) is 0 Å². The van der Waals surface area contributed by atoms with Gasteiger partial charge in [-0.2, -0.15) is 0 Å². The fourth-order valence-electron chi connectivity index (χ4n) is 2.59. The number of carbonyl (C=O) groups excluding carboxylic acids is 1. The minimum absolute atomic E-state index is 0.0734. The second-order valence-electron chi connectivity index (χ2n) is 5.70. The SMILES string of the molecule is CN(C)C1(CNC(=O)c2cccc(C#CCO)c2)CCC1. The highest BCUT2D eigenvalue weighted by Crippen LogP contribution is 2.35. The van der Waals surface area contributed by atoms with Crippen LogP contribution in [0, 0.1) is 11.8 Å². The number of hydrogen-bond acceptors (Lipinski definition) is 3. The maximum absolute atomic E-state index is 12.3. The second kappa shape index (κ2) is 6.75. The van der Waals surface area contributed by atoms with Crippen molar-refractivity contribution in [2.75, 3.05) is 27.2 Å². The number of likely N-dealkylation sites (N-methyl/N-ethyl adjacent to an activating group) is 1. The van der Waals surface area contributed by atoms with Crippen LogP contribution in [0.3, 0.4) is 0 Å². The molecule has 4 heteroatoms. The van der Waals surface area contributed by atoms with Gasteiger partial charge in [-0.25, -0.2) is 0 Å². The second-order valence-corrected chi connectivity index (χ2v) is 5.70. The van der Waals surface area contributed by atoms with Gasteiger partial charge in [0.25, 0.3) is 5.91 Å². The van der Waals surface area contributed by atoms with Crippen molar-refractivity contribution in [2.45, 2.75) is 24.8 Å². The minimum Gasteiger partial charge on any atom is -0.384 e. The molecule has 2 rings (SSSR count). The third-order valence-electron chi connectivity index (χ3n) is 4.25. The summed E-state index contributed by atoms with van der Waals surface area (Å²) in [5, 5.41) is 11.7. The van der Waals surface area contributed by atoms with Crippen molar-refractivity contribution < 1.29 is 9.90 Å². The van der Waals surface area contributed by atoms with Gasteiger partial charge in [0, 0.05) is 23.2 Å². The molecule has 0 spiro atoms. The smallest absolute Gasteiger partial charge is 0.251 e. The van der Waals surface area contributed by atoms with E-state index in [-0.39, 0.29) is 18.1 Å². The third-order valence-corrected chi connectivity index (χ3v) is 4.25. The Morgan fingerprint density at radius 1 is 1.43 bits per heavy atom. The summed E-state index contributed by atoms with van der Waals surface area (Å²) in [6.07, 6.45) is 3.48. The molecule has 1 aliphatic carbocycles. The number of nitrogens with one attached hydrogen (secondary N) is 1. The van der Waals surface area contributed by atoms with Crippen LogP contribution < -0.4 is 5.32 Å². The zero-order valence-electron chi connectivity index (χ0n) is 12.6. The number of aliphatic hydroxyl groups excluding tert-OH is 1. The lowest BCUT2D eigenvalue weighted by Gasteiger charge is -2.47. The van der Waals surface area contributed by atoms with Gasteiger partial charge in [0.15, 0.2) is 0 Å². The molecule has 0 radical (unpaired) electrons. The average molecular weight is 286 g/mol. The fourth-order valence-corrected chi connectivity index (χ4v) is 2.59. The van der Waals surface area contributed by atoms with Crippen molar-refractivity contribution in [3.63, 3.8) is 0 Å². The number of carbonyl (C=O) groups is 1. The highest BCUT2D eigenvalue weighted by molar-refractivity contribution is 5.94. The van der Waals surface area contributed by atoms with Crippen LogP contribution in [-0.2, 0) is 0 Å². The summed E-state index contributed by atoms with van der Waals surface area (Å²) in [5.41, 5.74) is 1.46. The Labute approximate surface area is 126 Å². The fraction of sp³-hybridized carbons (Fsp3) is 0.471. The molecule has 0 unspecified atom stereocenters. The van der Waals surface area contributed by atoms with Gasteiger partial charge >= 0.3 is 0 Å². The van der Waals surface area contributed by atoms with Crippen molar-refractivity contribution in [1.29, 1.82) is 0 Å². The molecule has 21 heavy (non-hydrogen) atoms. The molecule has 1 amide bonds. The van der Waals surface area contributed by atoms with Crippen molar-refractivity contribution >= 4 is 5.91 Å². The van der Waals surface area contributed by atoms with E-state index in [0.717, 1.165) is 18.4 Å². The van der Waals surface area contributed by atoms with Crippen LogP contribution in [0.4, 0.5) is 0 Å². The first kappa shape index (κ1) is 15.6. The summed E-state index contributed by atoms with van der Waals surface area (Å²) in [7, 11) is 4.13. The van der Waals surface area contributed by atoms with Crippen LogP contribution in [0.15, 0.2) is 24.3 Å². The number of hydrogen-bond donors (Lipinski definition) is 2. The standard InChI is InChI=1S/C17H22N2O2/c1-19(2)17(9-5-10-17)13-18-16(21)15-8-3-6-14(12-15)7-4-11-20/h3,6,8,12,20H,5,9-11,13H2,1-2H3,(H,18,21). The monoisotopic (exact) mass is 286 g/mol. The Morgan fingerprint density at radius 2 is 2.19 bits per heavy atom. The number of rotatable bonds is 4. The molecule has 112 valence electrons. The maximum Gasteiger partial charge on any atom is 0.251 e. The zero-order valence-corrected chi connectivity index (χ0v) is 12.6. The number of aliphatic hydroxyl groups is 1. The Morgan fingerprint density at radius 3 is 2.76 bits per heavy atom. The molecule has 4 nitrogen and oxygen atoms in total. The first-order chi connectivity index (χ1) is 10.1. The molecular weight excluding hydrogens is 264 g/mol. The molecule has 2 N–H and O–H groups in total. The molecule has 1 aliphatic rings. The van der Waals surface area contributed by atoms with E-state index < -0.39 is 0 Å². The molecule has 0 aliphatic heterocycles. The molecule has 0 bridgehead atoms. The quantitative estimate of drug-likeness (QED) is 0.819. The van der Waals surface area contributed by atoms with E-state index in [0.29, 0.717) is 12.1 Å². The molecule has 0 aromatic heterocycles. The van der Waals surface area contributed by atoms with E-state index in [2.05, 4.69) is 36.2 Å². The maximum atomic E-state index is 12.3. The third kappa shape index (κ3) is 3.63. The lowest BCUT2D eigenvalue weighted by molar-refractivity contribution is 0.0557. The van der Waals surface area contributed by atoms with Gasteiger partial charge in [-0.05, 0) is 51.6 Å². The van der Waals surface area contributed by atoms with Gasteiger partial charge in [0.05, 0.1) is 0 Å². The molecule has 1 aromatic rings. The van der Waals surface area contributed by atoms with Crippen LogP contribution >= 0.6 is 0 Å². The van der Waals surface area contributed by atoms with Crippen LogP contribution in [-0.4, -0.2) is 48.7 Å². The average Bonchev–Trinajstić information content (AvgIpc) is 2.43. The molecule has 0 saturated heterocycles. The van der Waals surface area contributed by atoms with Gasteiger partial charge in [-0.1, -0.05) is 17.9 Å². The van der Waals surface area contributed by atoms with Crippen molar-refractivity contribution in [3.8, 4) is 11.8 Å². The Balaban J connectivity index is 2.00. The van der Waals surface area contributed by atoms with E-state index in [1.54, 1.807) is 18.2 Å².